The lowest BCUT2D eigenvalue weighted by molar-refractivity contribution is 0.415. The highest BCUT2D eigenvalue weighted by Gasteiger charge is 2.22. The molecule has 2 aromatic heterocycles. The molecule has 0 radical (unpaired) electrons. The van der Waals surface area contributed by atoms with Crippen molar-refractivity contribution >= 4 is 23.1 Å². The van der Waals surface area contributed by atoms with E-state index in [9.17, 15) is 14.3 Å². The molecule has 0 atom stereocenters. The van der Waals surface area contributed by atoms with E-state index in [0.717, 1.165) is 34.6 Å². The van der Waals surface area contributed by atoms with E-state index in [1.807, 2.05) is 60.5 Å². The van der Waals surface area contributed by atoms with Gasteiger partial charge in [0.15, 0.2) is 5.75 Å². The topological polar surface area (TPSA) is 78.5 Å². The highest BCUT2D eigenvalue weighted by Crippen LogP contribution is 2.42. The second-order valence-corrected chi connectivity index (χ2v) is 9.81. The SMILES string of the molecule is CCCCc1[nH]c(=O)c(Sc2ccc(-c3ccnc(F)c3C)cc2)c(O)c1N(C)c1cccc(OC)c1. The number of aromatic hydroxyl groups is 1. The Kier molecular flexibility index (Phi) is 8.18. The average Bonchev–Trinajstić information content (AvgIpc) is 2.91. The zero-order valence-electron chi connectivity index (χ0n) is 21.3. The number of hydrogen-bond donors (Lipinski definition) is 2. The lowest BCUT2D eigenvalue weighted by Gasteiger charge is -2.25. The number of pyridine rings is 2. The quantitative estimate of drug-likeness (QED) is 0.235. The van der Waals surface area contributed by atoms with Crippen LogP contribution in [0.3, 0.4) is 0 Å². The fraction of sp³-hybridized carbons (Fsp3) is 0.241. The maximum Gasteiger partial charge on any atom is 0.266 e. The number of benzene rings is 2. The molecule has 4 aromatic rings. The van der Waals surface area contributed by atoms with Gasteiger partial charge in [-0.15, -0.1) is 0 Å². The summed E-state index contributed by atoms with van der Waals surface area (Å²) in [7, 11) is 3.47. The second kappa shape index (κ2) is 11.5. The molecule has 37 heavy (non-hydrogen) atoms. The molecule has 4 rings (SSSR count). The summed E-state index contributed by atoms with van der Waals surface area (Å²) in [5.41, 5.74) is 3.80. The molecule has 0 amide bonds. The van der Waals surface area contributed by atoms with Gasteiger partial charge in [-0.3, -0.25) is 4.79 Å². The summed E-state index contributed by atoms with van der Waals surface area (Å²) in [5, 5.41) is 11.4. The number of halogens is 1. The van der Waals surface area contributed by atoms with E-state index >= 15 is 0 Å². The molecule has 8 heteroatoms. The molecule has 6 nitrogen and oxygen atoms in total. The lowest BCUT2D eigenvalue weighted by atomic mass is 10.0. The van der Waals surface area contributed by atoms with Crippen molar-refractivity contribution in [3.05, 3.63) is 88.4 Å². The molecular formula is C29H30FN3O3S. The highest BCUT2D eigenvalue weighted by molar-refractivity contribution is 7.99. The van der Waals surface area contributed by atoms with Gasteiger partial charge in [0.25, 0.3) is 5.56 Å². The van der Waals surface area contributed by atoms with Crippen molar-refractivity contribution in [2.45, 2.75) is 42.9 Å². The van der Waals surface area contributed by atoms with Gasteiger partial charge in [0.05, 0.1) is 7.11 Å². The third-order valence-corrected chi connectivity index (χ3v) is 7.37. The van der Waals surface area contributed by atoms with Crippen molar-refractivity contribution in [1.82, 2.24) is 9.97 Å². The summed E-state index contributed by atoms with van der Waals surface area (Å²) < 4.78 is 19.3. The molecule has 0 fully saturated rings. The molecule has 2 heterocycles. The summed E-state index contributed by atoms with van der Waals surface area (Å²) >= 11 is 1.19. The first-order chi connectivity index (χ1) is 17.8. The minimum atomic E-state index is -0.497. The van der Waals surface area contributed by atoms with E-state index in [1.54, 1.807) is 20.1 Å². The van der Waals surface area contributed by atoms with Crippen LogP contribution in [0.15, 0.2) is 75.4 Å². The van der Waals surface area contributed by atoms with Gasteiger partial charge in [0, 0.05) is 41.2 Å². The summed E-state index contributed by atoms with van der Waals surface area (Å²) in [4.78, 5) is 22.6. The molecule has 0 aliphatic heterocycles. The van der Waals surface area contributed by atoms with Gasteiger partial charge in [0.1, 0.15) is 16.3 Å². The monoisotopic (exact) mass is 519 g/mol. The molecule has 0 spiro atoms. The number of anilines is 2. The van der Waals surface area contributed by atoms with E-state index in [1.165, 1.54) is 18.0 Å². The van der Waals surface area contributed by atoms with E-state index in [4.69, 9.17) is 4.74 Å². The Morgan fingerprint density at radius 3 is 2.62 bits per heavy atom. The fourth-order valence-electron chi connectivity index (χ4n) is 4.19. The minimum absolute atomic E-state index is 0.0682. The summed E-state index contributed by atoms with van der Waals surface area (Å²) in [6.45, 7) is 3.78. The third kappa shape index (κ3) is 5.64. The Labute approximate surface area is 220 Å². The Morgan fingerprint density at radius 1 is 1.16 bits per heavy atom. The minimum Gasteiger partial charge on any atom is -0.504 e. The number of aromatic nitrogens is 2. The number of aromatic amines is 1. The number of nitrogens with one attached hydrogen (secondary N) is 1. The zero-order chi connectivity index (χ0) is 26.5. The summed E-state index contributed by atoms with van der Waals surface area (Å²) in [6.07, 6.45) is 3.90. The van der Waals surface area contributed by atoms with Crippen molar-refractivity contribution in [2.24, 2.45) is 0 Å². The van der Waals surface area contributed by atoms with E-state index < -0.39 is 5.95 Å². The van der Waals surface area contributed by atoms with Crippen LogP contribution in [0.1, 0.15) is 31.0 Å². The van der Waals surface area contributed by atoms with E-state index in [0.29, 0.717) is 29.1 Å². The smallest absolute Gasteiger partial charge is 0.266 e. The van der Waals surface area contributed by atoms with Gasteiger partial charge < -0.3 is 19.7 Å². The molecule has 0 aliphatic rings. The standard InChI is InChI=1S/C29H30FN3O3S/c1-5-6-10-24-25(33(3)20-8-7-9-21(17-20)36-4)26(34)27(29(35)32-24)37-22-13-11-19(12-14-22)23-15-16-31-28(30)18(23)2/h7-9,11-17H,5-6,10H2,1-4H3,(H2,32,34,35). The number of aryl methyl sites for hydroxylation is 1. The van der Waals surface area contributed by atoms with Crippen LogP contribution in [0.25, 0.3) is 11.1 Å². The second-order valence-electron chi connectivity index (χ2n) is 8.72. The van der Waals surface area contributed by atoms with Crippen molar-refractivity contribution in [2.75, 3.05) is 19.1 Å². The van der Waals surface area contributed by atoms with Gasteiger partial charge in [-0.2, -0.15) is 4.39 Å². The zero-order valence-corrected chi connectivity index (χ0v) is 22.2. The maximum absolute atomic E-state index is 13.9. The Morgan fingerprint density at radius 2 is 1.92 bits per heavy atom. The molecule has 2 N–H and O–H groups in total. The molecule has 0 aliphatic carbocycles. The predicted octanol–water partition coefficient (Wildman–Crippen LogP) is 6.86. The molecule has 2 aromatic carbocycles. The Hall–Kier alpha value is -3.78. The van der Waals surface area contributed by atoms with E-state index in [-0.39, 0.29) is 16.2 Å². The number of ether oxygens (including phenoxy) is 1. The van der Waals surface area contributed by atoms with Gasteiger partial charge in [0.2, 0.25) is 5.95 Å². The largest absolute Gasteiger partial charge is 0.504 e. The maximum atomic E-state index is 13.9. The summed E-state index contributed by atoms with van der Waals surface area (Å²) in [6, 6.07) is 16.8. The van der Waals surface area contributed by atoms with Crippen LogP contribution < -0.4 is 15.2 Å². The van der Waals surface area contributed by atoms with Crippen LogP contribution in [0.2, 0.25) is 0 Å². The number of nitrogens with zero attached hydrogens (tertiary/aromatic N) is 2. The lowest BCUT2D eigenvalue weighted by Crippen LogP contribution is -2.19. The van der Waals surface area contributed by atoms with E-state index in [2.05, 4.69) is 16.9 Å². The number of methoxy groups -OCH3 is 1. The van der Waals surface area contributed by atoms with Gasteiger partial charge in [-0.1, -0.05) is 43.3 Å². The van der Waals surface area contributed by atoms with Crippen molar-refractivity contribution < 1.29 is 14.2 Å². The molecule has 0 bridgehead atoms. The Balaban J connectivity index is 1.72. The Bertz CT molecular complexity index is 1450. The van der Waals surface area contributed by atoms with Crippen molar-refractivity contribution in [3.63, 3.8) is 0 Å². The number of hydrogen-bond acceptors (Lipinski definition) is 6. The first kappa shape index (κ1) is 26.3. The van der Waals surface area contributed by atoms with Crippen LogP contribution in [-0.2, 0) is 6.42 Å². The van der Waals surface area contributed by atoms with Gasteiger partial charge in [-0.25, -0.2) is 4.98 Å². The van der Waals surface area contributed by atoms with Gasteiger partial charge >= 0.3 is 0 Å². The highest BCUT2D eigenvalue weighted by atomic mass is 32.2. The predicted molar refractivity (Wildman–Crippen MR) is 147 cm³/mol. The number of unbranched alkanes of at least 4 members (excludes halogenated alkanes) is 1. The number of rotatable bonds is 9. The third-order valence-electron chi connectivity index (χ3n) is 6.28. The molecule has 192 valence electrons. The average molecular weight is 520 g/mol. The first-order valence-electron chi connectivity index (χ1n) is 12.1. The fourth-order valence-corrected chi connectivity index (χ4v) is 5.04. The van der Waals surface area contributed by atoms with Gasteiger partial charge in [-0.05, 0) is 61.2 Å². The number of H-pyrrole nitrogens is 1. The van der Waals surface area contributed by atoms with Crippen LogP contribution in [0.4, 0.5) is 15.8 Å². The van der Waals surface area contributed by atoms with Crippen LogP contribution in [-0.4, -0.2) is 29.2 Å². The first-order valence-corrected chi connectivity index (χ1v) is 12.9. The van der Waals surface area contributed by atoms with Crippen molar-refractivity contribution in [3.8, 4) is 22.6 Å². The molecule has 0 unspecified atom stereocenters. The molecule has 0 saturated heterocycles. The van der Waals surface area contributed by atoms with Crippen LogP contribution in [0.5, 0.6) is 11.5 Å². The molecular weight excluding hydrogens is 489 g/mol. The van der Waals surface area contributed by atoms with Crippen LogP contribution in [0, 0.1) is 12.9 Å². The molecule has 0 saturated carbocycles. The van der Waals surface area contributed by atoms with Crippen molar-refractivity contribution in [1.29, 1.82) is 0 Å². The van der Waals surface area contributed by atoms with Crippen LogP contribution >= 0.6 is 11.8 Å². The summed E-state index contributed by atoms with van der Waals surface area (Å²) in [5.74, 6) is 0.131. The normalized spacial score (nSPS) is 10.9.